The fraction of sp³-hybridized carbons (Fsp3) is 0.400. The van der Waals surface area contributed by atoms with Crippen molar-refractivity contribution in [1.29, 1.82) is 0 Å². The second kappa shape index (κ2) is 15.5. The molecule has 0 bridgehead atoms. The Balaban J connectivity index is 1.35. The number of carbonyl (C=O) groups excluding carboxylic acids is 2. The van der Waals surface area contributed by atoms with Crippen molar-refractivity contribution >= 4 is 52.2 Å². The minimum atomic E-state index is -0.257. The van der Waals surface area contributed by atoms with Gasteiger partial charge in [-0.25, -0.2) is 4.98 Å². The standard InChI is InChI=1S/C30H37ClN6O6/c1-5-11-41-13-15-43-16-14-42-12-10-32-28(38)20-6-8-23(26(17-20)40-4)34-30-33-19-25-27(35-30)36(2)24-9-7-21(31)18-22(24)29(39)37(25)3/h6-9,17-19H,5,10-16H2,1-4H3,(H,32,38)(H,33,34,35). The van der Waals surface area contributed by atoms with Gasteiger partial charge in [-0.2, -0.15) is 4.98 Å². The van der Waals surface area contributed by atoms with E-state index in [4.69, 9.17) is 35.5 Å². The first-order valence-corrected chi connectivity index (χ1v) is 14.4. The molecule has 2 amide bonds. The van der Waals surface area contributed by atoms with Gasteiger partial charge in [0.1, 0.15) is 11.4 Å². The second-order valence-corrected chi connectivity index (χ2v) is 10.1. The molecule has 13 heteroatoms. The van der Waals surface area contributed by atoms with Gasteiger partial charge in [0.2, 0.25) is 5.95 Å². The Bertz CT molecular complexity index is 1420. The molecule has 2 N–H and O–H groups in total. The van der Waals surface area contributed by atoms with Crippen LogP contribution in [-0.4, -0.2) is 89.2 Å². The highest BCUT2D eigenvalue weighted by Gasteiger charge is 2.29. The summed E-state index contributed by atoms with van der Waals surface area (Å²) in [6.45, 7) is 5.52. The van der Waals surface area contributed by atoms with Gasteiger partial charge in [0.15, 0.2) is 5.82 Å². The highest BCUT2D eigenvalue weighted by molar-refractivity contribution is 6.31. The molecule has 4 rings (SSSR count). The van der Waals surface area contributed by atoms with Crippen LogP contribution in [0, 0.1) is 0 Å². The van der Waals surface area contributed by atoms with E-state index in [0.717, 1.165) is 13.0 Å². The van der Waals surface area contributed by atoms with E-state index in [1.807, 2.05) is 11.9 Å². The van der Waals surface area contributed by atoms with Crippen LogP contribution in [0.5, 0.6) is 5.75 Å². The molecule has 12 nitrogen and oxygen atoms in total. The van der Waals surface area contributed by atoms with Gasteiger partial charge in [-0.1, -0.05) is 18.5 Å². The molecule has 1 aliphatic rings. The van der Waals surface area contributed by atoms with E-state index in [1.54, 1.807) is 49.6 Å². The number of amides is 2. The molecule has 0 unspecified atom stereocenters. The maximum Gasteiger partial charge on any atom is 0.260 e. The summed E-state index contributed by atoms with van der Waals surface area (Å²) in [6, 6.07) is 10.2. The largest absolute Gasteiger partial charge is 0.495 e. The van der Waals surface area contributed by atoms with Gasteiger partial charge < -0.3 is 39.4 Å². The Morgan fingerprint density at radius 1 is 0.930 bits per heavy atom. The van der Waals surface area contributed by atoms with E-state index in [9.17, 15) is 9.59 Å². The minimum Gasteiger partial charge on any atom is -0.495 e. The molecule has 2 aromatic carbocycles. The van der Waals surface area contributed by atoms with Gasteiger partial charge in [0, 0.05) is 37.8 Å². The third-order valence-corrected chi connectivity index (χ3v) is 6.85. The van der Waals surface area contributed by atoms with Gasteiger partial charge in [-0.05, 0) is 42.8 Å². The number of methoxy groups -OCH3 is 1. The average Bonchev–Trinajstić information content (AvgIpc) is 3.09. The van der Waals surface area contributed by atoms with Crippen molar-refractivity contribution < 1.29 is 28.5 Å². The van der Waals surface area contributed by atoms with E-state index < -0.39 is 0 Å². The molecule has 3 aromatic rings. The van der Waals surface area contributed by atoms with Gasteiger partial charge in [0.25, 0.3) is 11.8 Å². The lowest BCUT2D eigenvalue weighted by molar-refractivity contribution is 0.0152. The summed E-state index contributed by atoms with van der Waals surface area (Å²) in [7, 11) is 5.01. The second-order valence-electron chi connectivity index (χ2n) is 9.62. The summed E-state index contributed by atoms with van der Waals surface area (Å²) >= 11 is 6.17. The van der Waals surface area contributed by atoms with Crippen molar-refractivity contribution in [3.8, 4) is 5.75 Å². The summed E-state index contributed by atoms with van der Waals surface area (Å²) in [5, 5.41) is 6.47. The number of rotatable bonds is 15. The van der Waals surface area contributed by atoms with Crippen LogP contribution in [0.25, 0.3) is 0 Å². The Morgan fingerprint density at radius 2 is 1.65 bits per heavy atom. The fourth-order valence-corrected chi connectivity index (χ4v) is 4.54. The third kappa shape index (κ3) is 8.11. The van der Waals surface area contributed by atoms with Gasteiger partial charge in [-0.15, -0.1) is 0 Å². The number of nitrogens with one attached hydrogen (secondary N) is 2. The Labute approximate surface area is 256 Å². The van der Waals surface area contributed by atoms with Crippen molar-refractivity contribution in [2.45, 2.75) is 13.3 Å². The van der Waals surface area contributed by atoms with E-state index in [1.165, 1.54) is 12.0 Å². The quantitative estimate of drug-likeness (QED) is 0.238. The predicted molar refractivity (Wildman–Crippen MR) is 166 cm³/mol. The number of fused-ring (bicyclic) bond motifs is 2. The first-order valence-electron chi connectivity index (χ1n) is 14.0. The summed E-state index contributed by atoms with van der Waals surface area (Å²) in [6.07, 6.45) is 2.57. The van der Waals surface area contributed by atoms with Crippen LogP contribution in [0.15, 0.2) is 42.6 Å². The number of ether oxygens (including phenoxy) is 4. The number of hydrogen-bond donors (Lipinski definition) is 2. The Hall–Kier alpha value is -3.97. The van der Waals surface area contributed by atoms with E-state index in [0.29, 0.717) is 84.4 Å². The molecule has 2 heterocycles. The summed E-state index contributed by atoms with van der Waals surface area (Å²) in [4.78, 5) is 38.3. The topological polar surface area (TPSA) is 127 Å². The van der Waals surface area contributed by atoms with E-state index in [2.05, 4.69) is 22.5 Å². The SMILES string of the molecule is CCCOCCOCCOCCNC(=O)c1ccc(Nc2ncc3c(n2)N(C)c2ccc(Cl)cc2C(=O)N3C)c(OC)c1. The van der Waals surface area contributed by atoms with Crippen molar-refractivity contribution in [3.63, 3.8) is 0 Å². The van der Waals surface area contributed by atoms with Crippen LogP contribution in [0.2, 0.25) is 5.02 Å². The third-order valence-electron chi connectivity index (χ3n) is 6.62. The van der Waals surface area contributed by atoms with Gasteiger partial charge in [-0.3, -0.25) is 9.59 Å². The van der Waals surface area contributed by atoms with Gasteiger partial charge in [0.05, 0.1) is 63.3 Å². The van der Waals surface area contributed by atoms with Crippen molar-refractivity contribution in [1.82, 2.24) is 15.3 Å². The lowest BCUT2D eigenvalue weighted by Gasteiger charge is -2.21. The maximum atomic E-state index is 13.1. The molecule has 0 radical (unpaired) electrons. The zero-order valence-electron chi connectivity index (χ0n) is 24.8. The number of halogens is 1. The number of benzene rings is 2. The summed E-state index contributed by atoms with van der Waals surface area (Å²) in [5.74, 6) is 0.774. The molecule has 0 fully saturated rings. The van der Waals surface area contributed by atoms with Crippen molar-refractivity contribution in [3.05, 3.63) is 58.7 Å². The lowest BCUT2D eigenvalue weighted by Crippen LogP contribution is -2.27. The Morgan fingerprint density at radius 3 is 2.37 bits per heavy atom. The van der Waals surface area contributed by atoms with Crippen LogP contribution in [0.4, 0.5) is 28.8 Å². The number of anilines is 5. The van der Waals surface area contributed by atoms with Crippen LogP contribution in [-0.2, 0) is 14.2 Å². The first-order chi connectivity index (χ1) is 20.8. The minimum absolute atomic E-state index is 0.216. The summed E-state index contributed by atoms with van der Waals surface area (Å²) in [5.41, 5.74) is 2.66. The zero-order valence-corrected chi connectivity index (χ0v) is 25.6. The molecule has 0 spiro atoms. The maximum absolute atomic E-state index is 13.1. The molecular formula is C30H37ClN6O6. The molecular weight excluding hydrogens is 576 g/mol. The fourth-order valence-electron chi connectivity index (χ4n) is 4.37. The van der Waals surface area contributed by atoms with Gasteiger partial charge >= 0.3 is 0 Å². The molecule has 43 heavy (non-hydrogen) atoms. The van der Waals surface area contributed by atoms with Crippen LogP contribution in [0.1, 0.15) is 34.1 Å². The first kappa shape index (κ1) is 32.0. The van der Waals surface area contributed by atoms with Crippen molar-refractivity contribution in [2.75, 3.05) is 82.5 Å². The lowest BCUT2D eigenvalue weighted by atomic mass is 10.1. The number of hydrogen-bond acceptors (Lipinski definition) is 10. The Kier molecular flexibility index (Phi) is 11.5. The smallest absolute Gasteiger partial charge is 0.260 e. The van der Waals surface area contributed by atoms with Crippen molar-refractivity contribution in [2.24, 2.45) is 0 Å². The molecule has 230 valence electrons. The number of aromatic nitrogens is 2. The highest BCUT2D eigenvalue weighted by atomic mass is 35.5. The van der Waals surface area contributed by atoms with E-state index >= 15 is 0 Å². The van der Waals surface area contributed by atoms with Crippen LogP contribution in [0.3, 0.4) is 0 Å². The summed E-state index contributed by atoms with van der Waals surface area (Å²) < 4.78 is 21.8. The number of carbonyl (C=O) groups is 2. The highest BCUT2D eigenvalue weighted by Crippen LogP contribution is 2.39. The normalized spacial score (nSPS) is 12.4. The molecule has 1 aliphatic heterocycles. The molecule has 0 saturated heterocycles. The van der Waals surface area contributed by atoms with E-state index in [-0.39, 0.29) is 17.8 Å². The molecule has 1 aromatic heterocycles. The predicted octanol–water partition coefficient (Wildman–Crippen LogP) is 4.43. The zero-order chi connectivity index (χ0) is 30.8. The average molecular weight is 613 g/mol. The molecule has 0 aliphatic carbocycles. The molecule has 0 saturated carbocycles. The monoisotopic (exact) mass is 612 g/mol. The molecule has 0 atom stereocenters. The number of nitrogens with zero attached hydrogens (tertiary/aromatic N) is 4. The van der Waals surface area contributed by atoms with Crippen LogP contribution >= 0.6 is 11.6 Å². The van der Waals surface area contributed by atoms with Crippen LogP contribution < -0.4 is 25.2 Å².